The van der Waals surface area contributed by atoms with Crippen molar-refractivity contribution >= 4 is 11.7 Å². The Labute approximate surface area is 90.2 Å². The van der Waals surface area contributed by atoms with Gasteiger partial charge in [-0.05, 0) is 30.0 Å². The first-order valence-electron chi connectivity index (χ1n) is 4.97. The van der Waals surface area contributed by atoms with Crippen molar-refractivity contribution in [2.24, 2.45) is 0 Å². The van der Waals surface area contributed by atoms with Gasteiger partial charge in [-0.3, -0.25) is 4.79 Å². The summed E-state index contributed by atoms with van der Waals surface area (Å²) in [6, 6.07) is 5.89. The molecule has 0 aliphatic rings. The minimum Gasteiger partial charge on any atom is -0.469 e. The fourth-order valence-corrected chi connectivity index (χ4v) is 1.42. The molecule has 0 aliphatic heterocycles. The third kappa shape index (κ3) is 2.98. The number of carbonyl (C=O) groups is 1. The van der Waals surface area contributed by atoms with Gasteiger partial charge in [0.05, 0.1) is 13.5 Å². The Hall–Kier alpha value is -1.51. The quantitative estimate of drug-likeness (QED) is 0.611. The number of hydrogen-bond donors (Lipinski definition) is 1. The molecule has 0 heterocycles. The minimum atomic E-state index is -0.193. The lowest BCUT2D eigenvalue weighted by Crippen LogP contribution is -2.06. The van der Waals surface area contributed by atoms with Crippen molar-refractivity contribution in [3.63, 3.8) is 0 Å². The van der Waals surface area contributed by atoms with Gasteiger partial charge in [-0.1, -0.05) is 19.1 Å². The van der Waals surface area contributed by atoms with E-state index >= 15 is 0 Å². The summed E-state index contributed by atoms with van der Waals surface area (Å²) in [5, 5.41) is 0. The van der Waals surface area contributed by atoms with Crippen LogP contribution in [0.3, 0.4) is 0 Å². The average Bonchev–Trinajstić information content (AvgIpc) is 2.21. The number of carbonyl (C=O) groups excluding carboxylic acids is 1. The molecule has 3 nitrogen and oxygen atoms in total. The van der Waals surface area contributed by atoms with Crippen LogP contribution in [0.25, 0.3) is 0 Å². The van der Waals surface area contributed by atoms with Gasteiger partial charge in [0, 0.05) is 5.69 Å². The highest BCUT2D eigenvalue weighted by Gasteiger charge is 2.11. The Kier molecular flexibility index (Phi) is 3.72. The van der Waals surface area contributed by atoms with Gasteiger partial charge in [-0.15, -0.1) is 0 Å². The molecule has 0 fully saturated rings. The fourth-order valence-electron chi connectivity index (χ4n) is 1.42. The van der Waals surface area contributed by atoms with Crippen molar-refractivity contribution in [1.82, 2.24) is 0 Å². The summed E-state index contributed by atoms with van der Waals surface area (Å²) >= 11 is 0. The van der Waals surface area contributed by atoms with Crippen molar-refractivity contribution < 1.29 is 9.53 Å². The molecule has 0 saturated carbocycles. The molecule has 0 saturated heterocycles. The Morgan fingerprint density at radius 1 is 1.53 bits per heavy atom. The summed E-state index contributed by atoms with van der Waals surface area (Å²) in [7, 11) is 1.40. The van der Waals surface area contributed by atoms with Crippen molar-refractivity contribution in [1.29, 1.82) is 0 Å². The number of hydrogen-bond acceptors (Lipinski definition) is 3. The zero-order valence-corrected chi connectivity index (χ0v) is 9.41. The number of ether oxygens (including phenoxy) is 1. The highest BCUT2D eigenvalue weighted by Crippen LogP contribution is 2.23. The van der Waals surface area contributed by atoms with Crippen LogP contribution in [0.15, 0.2) is 18.2 Å². The van der Waals surface area contributed by atoms with Gasteiger partial charge in [0.1, 0.15) is 0 Å². The van der Waals surface area contributed by atoms with Gasteiger partial charge in [-0.25, -0.2) is 0 Å². The van der Waals surface area contributed by atoms with Crippen LogP contribution >= 0.6 is 0 Å². The Balaban J connectivity index is 2.78. The molecule has 1 atom stereocenters. The summed E-state index contributed by atoms with van der Waals surface area (Å²) in [5.74, 6) is -0.0537. The summed E-state index contributed by atoms with van der Waals surface area (Å²) in [4.78, 5) is 11.1. The maximum atomic E-state index is 11.1. The standard InChI is InChI=1S/C12H17NO2/c1-8-4-5-10(7-11(8)13)9(2)6-12(14)15-3/h4-5,7,9H,6,13H2,1-3H3. The van der Waals surface area contributed by atoms with E-state index in [1.54, 1.807) is 0 Å². The van der Waals surface area contributed by atoms with Crippen molar-refractivity contribution in [2.45, 2.75) is 26.2 Å². The van der Waals surface area contributed by atoms with Crippen LogP contribution in [0.5, 0.6) is 0 Å². The SMILES string of the molecule is COC(=O)CC(C)c1ccc(C)c(N)c1. The number of methoxy groups -OCH3 is 1. The van der Waals surface area contributed by atoms with E-state index in [1.807, 2.05) is 32.0 Å². The highest BCUT2D eigenvalue weighted by atomic mass is 16.5. The Morgan fingerprint density at radius 2 is 2.20 bits per heavy atom. The van der Waals surface area contributed by atoms with Crippen molar-refractivity contribution in [2.75, 3.05) is 12.8 Å². The zero-order valence-electron chi connectivity index (χ0n) is 9.41. The van der Waals surface area contributed by atoms with Gasteiger partial charge < -0.3 is 10.5 Å². The van der Waals surface area contributed by atoms with E-state index in [2.05, 4.69) is 4.74 Å². The number of rotatable bonds is 3. The Morgan fingerprint density at radius 3 is 2.73 bits per heavy atom. The fraction of sp³-hybridized carbons (Fsp3) is 0.417. The van der Waals surface area contributed by atoms with Gasteiger partial charge in [0.15, 0.2) is 0 Å². The molecule has 2 N–H and O–H groups in total. The summed E-state index contributed by atoms with van der Waals surface area (Å²) in [6.07, 6.45) is 0.388. The lowest BCUT2D eigenvalue weighted by molar-refractivity contribution is -0.140. The maximum Gasteiger partial charge on any atom is 0.306 e. The van der Waals surface area contributed by atoms with Crippen LogP contribution in [0.4, 0.5) is 5.69 Å². The van der Waals surface area contributed by atoms with Crippen LogP contribution in [0, 0.1) is 6.92 Å². The van der Waals surface area contributed by atoms with E-state index < -0.39 is 0 Å². The molecule has 1 unspecified atom stereocenters. The molecule has 0 radical (unpaired) electrons. The second-order valence-corrected chi connectivity index (χ2v) is 3.80. The molecule has 0 aromatic heterocycles. The van der Waals surface area contributed by atoms with Gasteiger partial charge in [-0.2, -0.15) is 0 Å². The number of benzene rings is 1. The summed E-state index contributed by atoms with van der Waals surface area (Å²) in [6.45, 7) is 3.95. The smallest absolute Gasteiger partial charge is 0.306 e. The number of anilines is 1. The monoisotopic (exact) mass is 207 g/mol. The number of nitrogens with two attached hydrogens (primary N) is 1. The first kappa shape index (κ1) is 11.6. The first-order valence-corrected chi connectivity index (χ1v) is 4.97. The molecule has 0 aliphatic carbocycles. The van der Waals surface area contributed by atoms with E-state index in [-0.39, 0.29) is 11.9 Å². The van der Waals surface area contributed by atoms with Gasteiger partial charge >= 0.3 is 5.97 Å². The second-order valence-electron chi connectivity index (χ2n) is 3.80. The van der Waals surface area contributed by atoms with E-state index in [1.165, 1.54) is 7.11 Å². The molecule has 3 heteroatoms. The number of aryl methyl sites for hydroxylation is 1. The van der Waals surface area contributed by atoms with Crippen molar-refractivity contribution in [3.05, 3.63) is 29.3 Å². The third-order valence-electron chi connectivity index (χ3n) is 2.57. The lowest BCUT2D eigenvalue weighted by Gasteiger charge is -2.12. The molecule has 15 heavy (non-hydrogen) atoms. The molecule has 0 bridgehead atoms. The third-order valence-corrected chi connectivity index (χ3v) is 2.57. The maximum absolute atomic E-state index is 11.1. The Bertz CT molecular complexity index is 361. The predicted molar refractivity (Wildman–Crippen MR) is 60.6 cm³/mol. The van der Waals surface area contributed by atoms with E-state index in [0.717, 1.165) is 16.8 Å². The summed E-state index contributed by atoms with van der Waals surface area (Å²) < 4.78 is 4.63. The van der Waals surface area contributed by atoms with Crippen LogP contribution in [-0.2, 0) is 9.53 Å². The molecule has 1 aromatic rings. The van der Waals surface area contributed by atoms with Gasteiger partial charge in [0.25, 0.3) is 0 Å². The molecular weight excluding hydrogens is 190 g/mol. The zero-order chi connectivity index (χ0) is 11.4. The minimum absolute atomic E-state index is 0.139. The van der Waals surface area contributed by atoms with Gasteiger partial charge in [0.2, 0.25) is 0 Å². The van der Waals surface area contributed by atoms with E-state index in [0.29, 0.717) is 6.42 Å². The topological polar surface area (TPSA) is 52.3 Å². The molecule has 1 rings (SSSR count). The van der Waals surface area contributed by atoms with Crippen LogP contribution in [0.2, 0.25) is 0 Å². The second kappa shape index (κ2) is 4.82. The van der Waals surface area contributed by atoms with E-state index in [4.69, 9.17) is 5.73 Å². The average molecular weight is 207 g/mol. The normalized spacial score (nSPS) is 12.2. The molecule has 0 amide bonds. The highest BCUT2D eigenvalue weighted by molar-refractivity contribution is 5.70. The number of nitrogen functional groups attached to an aromatic ring is 1. The van der Waals surface area contributed by atoms with Crippen LogP contribution in [-0.4, -0.2) is 13.1 Å². The molecular formula is C12H17NO2. The molecule has 82 valence electrons. The summed E-state index contributed by atoms with van der Waals surface area (Å²) in [5.41, 5.74) is 8.71. The predicted octanol–water partition coefficient (Wildman–Crippen LogP) is 2.24. The largest absolute Gasteiger partial charge is 0.469 e. The molecule has 0 spiro atoms. The van der Waals surface area contributed by atoms with E-state index in [9.17, 15) is 4.79 Å². The lowest BCUT2D eigenvalue weighted by atomic mass is 9.96. The first-order chi connectivity index (χ1) is 7.04. The van der Waals surface area contributed by atoms with Crippen molar-refractivity contribution in [3.8, 4) is 0 Å². The number of esters is 1. The van der Waals surface area contributed by atoms with Crippen LogP contribution < -0.4 is 5.73 Å². The van der Waals surface area contributed by atoms with Crippen LogP contribution in [0.1, 0.15) is 30.4 Å². The molecule has 1 aromatic carbocycles.